The van der Waals surface area contributed by atoms with Gasteiger partial charge in [0, 0.05) is 32.2 Å². The third-order valence-electron chi connectivity index (χ3n) is 5.46. The first-order valence-corrected chi connectivity index (χ1v) is 12.1. The highest BCUT2D eigenvalue weighted by Gasteiger charge is 2.36. The minimum Gasteiger partial charge on any atom is -0.352 e. The fourth-order valence-electron chi connectivity index (χ4n) is 3.70. The van der Waals surface area contributed by atoms with Crippen LogP contribution in [0.1, 0.15) is 24.4 Å². The van der Waals surface area contributed by atoms with Gasteiger partial charge in [0.1, 0.15) is 10.9 Å². The summed E-state index contributed by atoms with van der Waals surface area (Å²) in [5, 5.41) is 3.33. The molecule has 30 heavy (non-hydrogen) atoms. The Kier molecular flexibility index (Phi) is 6.36. The van der Waals surface area contributed by atoms with Gasteiger partial charge in [-0.2, -0.15) is 4.31 Å². The second-order valence-corrected chi connectivity index (χ2v) is 10.3. The zero-order valence-electron chi connectivity index (χ0n) is 16.3. The molecular weight excluding hydrogens is 445 g/mol. The highest BCUT2D eigenvalue weighted by atomic mass is 35.5. The van der Waals surface area contributed by atoms with Gasteiger partial charge >= 0.3 is 0 Å². The van der Waals surface area contributed by atoms with Crippen molar-refractivity contribution in [2.45, 2.75) is 29.8 Å². The number of sulfonamides is 1. The molecule has 1 saturated heterocycles. The summed E-state index contributed by atoms with van der Waals surface area (Å²) in [6, 6.07) is 14.0. The molecule has 9 heteroatoms. The first-order valence-electron chi connectivity index (χ1n) is 9.91. The number of hydrogen-bond donors (Lipinski definition) is 1. The van der Waals surface area contributed by atoms with E-state index < -0.39 is 16.1 Å². The van der Waals surface area contributed by atoms with Gasteiger partial charge in [0.2, 0.25) is 15.9 Å². The largest absolute Gasteiger partial charge is 0.352 e. The second-order valence-electron chi connectivity index (χ2n) is 7.59. The van der Waals surface area contributed by atoms with Crippen molar-refractivity contribution in [2.75, 3.05) is 26.2 Å². The van der Waals surface area contributed by atoms with E-state index in [4.69, 9.17) is 23.2 Å². The maximum absolute atomic E-state index is 13.1. The van der Waals surface area contributed by atoms with E-state index in [1.54, 1.807) is 12.1 Å². The third kappa shape index (κ3) is 4.50. The number of rotatable bonds is 6. The average Bonchev–Trinajstić information content (AvgIpc) is 3.55. The van der Waals surface area contributed by atoms with Gasteiger partial charge in [-0.3, -0.25) is 9.69 Å². The van der Waals surface area contributed by atoms with Crippen LogP contribution < -0.4 is 5.32 Å². The van der Waals surface area contributed by atoms with Crippen molar-refractivity contribution in [2.24, 2.45) is 0 Å². The van der Waals surface area contributed by atoms with Gasteiger partial charge in [-0.05, 0) is 30.5 Å². The number of nitrogens with one attached hydrogen (secondary N) is 1. The van der Waals surface area contributed by atoms with Crippen LogP contribution in [0, 0.1) is 0 Å². The molecule has 2 aromatic carbocycles. The van der Waals surface area contributed by atoms with Crippen LogP contribution in [0.4, 0.5) is 0 Å². The Bertz CT molecular complexity index is 1020. The summed E-state index contributed by atoms with van der Waals surface area (Å²) >= 11 is 12.2. The van der Waals surface area contributed by atoms with Crippen molar-refractivity contribution >= 4 is 39.1 Å². The van der Waals surface area contributed by atoms with Crippen LogP contribution in [0.5, 0.6) is 0 Å². The lowest BCUT2D eigenvalue weighted by atomic mass is 10.0. The van der Waals surface area contributed by atoms with E-state index in [-0.39, 0.29) is 40.0 Å². The molecule has 6 nitrogen and oxygen atoms in total. The van der Waals surface area contributed by atoms with Crippen LogP contribution in [0.15, 0.2) is 53.4 Å². The highest BCUT2D eigenvalue weighted by molar-refractivity contribution is 7.89. The van der Waals surface area contributed by atoms with Gasteiger partial charge in [-0.15, -0.1) is 0 Å². The van der Waals surface area contributed by atoms with Crippen LogP contribution in [0.25, 0.3) is 0 Å². The summed E-state index contributed by atoms with van der Waals surface area (Å²) in [5.74, 6) is -0.0297. The molecular formula is C21H23Cl2N3O3S. The number of nitrogens with zero attached hydrogens (tertiary/aromatic N) is 2. The van der Waals surface area contributed by atoms with Crippen molar-refractivity contribution in [3.05, 3.63) is 64.1 Å². The van der Waals surface area contributed by atoms with Crippen molar-refractivity contribution in [3.8, 4) is 0 Å². The first-order chi connectivity index (χ1) is 14.4. The molecule has 1 aliphatic carbocycles. The first kappa shape index (κ1) is 21.6. The van der Waals surface area contributed by atoms with E-state index in [9.17, 15) is 13.2 Å². The topological polar surface area (TPSA) is 69.7 Å². The van der Waals surface area contributed by atoms with Gasteiger partial charge in [0.05, 0.1) is 10.0 Å². The Hall–Kier alpha value is -1.64. The maximum Gasteiger partial charge on any atom is 0.244 e. The highest BCUT2D eigenvalue weighted by Crippen LogP contribution is 2.32. The lowest BCUT2D eigenvalue weighted by molar-refractivity contribution is -0.127. The predicted octanol–water partition coefficient (Wildman–Crippen LogP) is 3.32. The zero-order valence-corrected chi connectivity index (χ0v) is 18.6. The number of carbonyl (C=O) groups excluding carboxylic acids is 1. The smallest absolute Gasteiger partial charge is 0.244 e. The maximum atomic E-state index is 13.1. The molecule has 1 amide bonds. The summed E-state index contributed by atoms with van der Waals surface area (Å²) in [7, 11) is -3.77. The molecule has 1 saturated carbocycles. The standard InChI is InChI=1S/C21H23Cl2N3O3S/c22-17-7-4-8-18(19(17)23)30(28,29)26-13-11-25(12-14-26)20(15-5-2-1-3-6-15)21(27)24-16-9-10-16/h1-8,16,20H,9-14H2,(H,24,27)/t20-/m0/s1. The number of piperazine rings is 1. The van der Waals surface area contributed by atoms with E-state index >= 15 is 0 Å². The summed E-state index contributed by atoms with van der Waals surface area (Å²) in [6.45, 7) is 1.42. The monoisotopic (exact) mass is 467 g/mol. The minimum atomic E-state index is -3.77. The van der Waals surface area contributed by atoms with E-state index in [0.29, 0.717) is 13.1 Å². The molecule has 2 aliphatic rings. The Balaban J connectivity index is 1.51. The molecule has 2 aromatic rings. The van der Waals surface area contributed by atoms with E-state index in [1.165, 1.54) is 10.4 Å². The molecule has 4 rings (SSSR count). The van der Waals surface area contributed by atoms with Crippen LogP contribution in [0.3, 0.4) is 0 Å². The molecule has 0 unspecified atom stereocenters. The summed E-state index contributed by atoms with van der Waals surface area (Å²) < 4.78 is 27.6. The SMILES string of the molecule is O=C(NC1CC1)[C@H](c1ccccc1)N1CCN(S(=O)(=O)c2cccc(Cl)c2Cl)CC1. The summed E-state index contributed by atoms with van der Waals surface area (Å²) in [6.07, 6.45) is 2.03. The predicted molar refractivity (Wildman–Crippen MR) is 117 cm³/mol. The van der Waals surface area contributed by atoms with Crippen molar-refractivity contribution in [1.82, 2.24) is 14.5 Å². The van der Waals surface area contributed by atoms with Crippen LogP contribution in [0.2, 0.25) is 10.0 Å². The lowest BCUT2D eigenvalue weighted by Crippen LogP contribution is -2.52. The van der Waals surface area contributed by atoms with Crippen molar-refractivity contribution in [3.63, 3.8) is 0 Å². The van der Waals surface area contributed by atoms with E-state index in [2.05, 4.69) is 5.32 Å². The number of benzene rings is 2. The van der Waals surface area contributed by atoms with Gasteiger partial charge in [0.25, 0.3) is 0 Å². The molecule has 0 spiro atoms. The fourth-order valence-corrected chi connectivity index (χ4v) is 5.85. The third-order valence-corrected chi connectivity index (χ3v) is 8.33. The fraction of sp³-hybridized carbons (Fsp3) is 0.381. The van der Waals surface area contributed by atoms with E-state index in [1.807, 2.05) is 35.2 Å². The molecule has 2 fully saturated rings. The second kappa shape index (κ2) is 8.85. The zero-order chi connectivity index (χ0) is 21.3. The summed E-state index contributed by atoms with van der Waals surface area (Å²) in [4.78, 5) is 15.0. The van der Waals surface area contributed by atoms with Gasteiger partial charge in [-0.1, -0.05) is 59.6 Å². The number of carbonyl (C=O) groups is 1. The van der Waals surface area contributed by atoms with Crippen molar-refractivity contribution < 1.29 is 13.2 Å². The molecule has 0 aromatic heterocycles. The van der Waals surface area contributed by atoms with Gasteiger partial charge in [-0.25, -0.2) is 8.42 Å². The van der Waals surface area contributed by atoms with Gasteiger partial charge < -0.3 is 5.32 Å². The van der Waals surface area contributed by atoms with Crippen LogP contribution in [-0.2, 0) is 14.8 Å². The summed E-state index contributed by atoms with van der Waals surface area (Å²) in [5.41, 5.74) is 0.907. The van der Waals surface area contributed by atoms with Crippen molar-refractivity contribution in [1.29, 1.82) is 0 Å². The molecule has 0 radical (unpaired) electrons. The Morgan fingerprint density at radius 2 is 1.63 bits per heavy atom. The number of hydrogen-bond acceptors (Lipinski definition) is 4. The van der Waals surface area contributed by atoms with Gasteiger partial charge in [0.15, 0.2) is 0 Å². The Morgan fingerprint density at radius 3 is 2.27 bits per heavy atom. The molecule has 1 atom stereocenters. The van der Waals surface area contributed by atoms with Crippen LogP contribution >= 0.6 is 23.2 Å². The average molecular weight is 468 g/mol. The molecule has 1 N–H and O–H groups in total. The lowest BCUT2D eigenvalue weighted by Gasteiger charge is -2.38. The quantitative estimate of drug-likeness (QED) is 0.707. The normalized spacial score (nSPS) is 19.4. The molecule has 1 heterocycles. The van der Waals surface area contributed by atoms with Crippen LogP contribution in [-0.4, -0.2) is 55.8 Å². The number of amides is 1. The number of halogens is 2. The minimum absolute atomic E-state index is 0.0104. The van der Waals surface area contributed by atoms with E-state index in [0.717, 1.165) is 18.4 Å². The molecule has 160 valence electrons. The molecule has 0 bridgehead atoms. The Morgan fingerprint density at radius 1 is 0.967 bits per heavy atom. The molecule has 1 aliphatic heterocycles. The Labute approximate surface area is 186 Å².